The Bertz CT molecular complexity index is 716. The first-order chi connectivity index (χ1) is 11.4. The average molecular weight is 305 g/mol. The summed E-state index contributed by atoms with van der Waals surface area (Å²) in [5, 5.41) is 14.5. The van der Waals surface area contributed by atoms with Gasteiger partial charge in [0, 0.05) is 13.1 Å². The van der Waals surface area contributed by atoms with Gasteiger partial charge in [-0.05, 0) is 17.5 Å². The SMILES string of the molecule is c1ccc(CCNc2cnnc(NCc3ccccc3)n2)cc1. The zero-order valence-corrected chi connectivity index (χ0v) is 12.8. The van der Waals surface area contributed by atoms with Crippen LogP contribution in [-0.2, 0) is 13.0 Å². The minimum absolute atomic E-state index is 0.526. The predicted molar refractivity (Wildman–Crippen MR) is 92.2 cm³/mol. The van der Waals surface area contributed by atoms with E-state index in [9.17, 15) is 0 Å². The van der Waals surface area contributed by atoms with Crippen LogP contribution in [0.5, 0.6) is 0 Å². The molecule has 23 heavy (non-hydrogen) atoms. The first-order valence-corrected chi connectivity index (χ1v) is 7.65. The van der Waals surface area contributed by atoms with Crippen LogP contribution in [0, 0.1) is 0 Å². The van der Waals surface area contributed by atoms with E-state index in [1.165, 1.54) is 11.1 Å². The Kier molecular flexibility index (Phi) is 5.13. The largest absolute Gasteiger partial charge is 0.368 e. The van der Waals surface area contributed by atoms with E-state index in [4.69, 9.17) is 0 Å². The van der Waals surface area contributed by atoms with E-state index in [2.05, 4.69) is 50.1 Å². The predicted octanol–water partition coefficient (Wildman–Crippen LogP) is 3.14. The summed E-state index contributed by atoms with van der Waals surface area (Å²) in [6, 6.07) is 20.5. The topological polar surface area (TPSA) is 62.7 Å². The smallest absolute Gasteiger partial charge is 0.244 e. The molecule has 5 heteroatoms. The number of aromatic nitrogens is 3. The summed E-state index contributed by atoms with van der Waals surface area (Å²) in [6.45, 7) is 1.48. The van der Waals surface area contributed by atoms with Crippen LogP contribution in [0.25, 0.3) is 0 Å². The summed E-state index contributed by atoms with van der Waals surface area (Å²) >= 11 is 0. The maximum Gasteiger partial charge on any atom is 0.244 e. The minimum Gasteiger partial charge on any atom is -0.368 e. The number of anilines is 2. The Morgan fingerprint density at radius 2 is 1.48 bits per heavy atom. The first kappa shape index (κ1) is 15.0. The zero-order chi connectivity index (χ0) is 15.7. The molecule has 2 aromatic carbocycles. The second-order valence-corrected chi connectivity index (χ2v) is 5.17. The fourth-order valence-electron chi connectivity index (χ4n) is 2.22. The highest BCUT2D eigenvalue weighted by atomic mass is 15.3. The molecule has 1 heterocycles. The van der Waals surface area contributed by atoms with E-state index in [0.717, 1.165) is 18.8 Å². The van der Waals surface area contributed by atoms with Crippen LogP contribution in [0.3, 0.4) is 0 Å². The number of hydrogen-bond acceptors (Lipinski definition) is 5. The van der Waals surface area contributed by atoms with Crippen LogP contribution in [0.4, 0.5) is 11.8 Å². The number of nitrogens with zero attached hydrogens (tertiary/aromatic N) is 3. The van der Waals surface area contributed by atoms with Gasteiger partial charge >= 0.3 is 0 Å². The fourth-order valence-corrected chi connectivity index (χ4v) is 2.22. The molecule has 0 atom stereocenters. The molecule has 0 saturated heterocycles. The molecular weight excluding hydrogens is 286 g/mol. The molecule has 3 aromatic rings. The molecule has 116 valence electrons. The molecule has 0 unspecified atom stereocenters. The van der Waals surface area contributed by atoms with Crippen molar-refractivity contribution in [1.82, 2.24) is 15.2 Å². The molecule has 1 aromatic heterocycles. The standard InChI is InChI=1S/C18H19N5/c1-3-7-15(8-4-1)11-12-19-17-14-21-23-18(22-17)20-13-16-9-5-2-6-10-16/h1-10,14H,11-13H2,(H2,19,20,22,23). The lowest BCUT2D eigenvalue weighted by molar-refractivity contribution is 0.929. The third-order valence-corrected chi connectivity index (χ3v) is 3.41. The number of rotatable bonds is 7. The summed E-state index contributed by atoms with van der Waals surface area (Å²) in [5.41, 5.74) is 2.47. The van der Waals surface area contributed by atoms with Crippen LogP contribution in [0.2, 0.25) is 0 Å². The van der Waals surface area contributed by atoms with Gasteiger partial charge < -0.3 is 10.6 Å². The van der Waals surface area contributed by atoms with Gasteiger partial charge in [0.15, 0.2) is 5.82 Å². The molecule has 5 nitrogen and oxygen atoms in total. The Hall–Kier alpha value is -2.95. The van der Waals surface area contributed by atoms with Gasteiger partial charge in [0.25, 0.3) is 0 Å². The van der Waals surface area contributed by atoms with Crippen molar-refractivity contribution in [2.45, 2.75) is 13.0 Å². The Morgan fingerprint density at radius 3 is 2.22 bits per heavy atom. The van der Waals surface area contributed by atoms with Crippen LogP contribution in [0.1, 0.15) is 11.1 Å². The lowest BCUT2D eigenvalue weighted by atomic mass is 10.1. The summed E-state index contributed by atoms with van der Waals surface area (Å²) in [6.07, 6.45) is 2.58. The number of benzene rings is 2. The van der Waals surface area contributed by atoms with Crippen molar-refractivity contribution in [2.24, 2.45) is 0 Å². The molecule has 0 amide bonds. The van der Waals surface area contributed by atoms with Crippen LogP contribution >= 0.6 is 0 Å². The molecule has 0 aliphatic heterocycles. The lowest BCUT2D eigenvalue weighted by Crippen LogP contribution is -2.10. The highest BCUT2D eigenvalue weighted by molar-refractivity contribution is 5.37. The third kappa shape index (κ3) is 4.78. The van der Waals surface area contributed by atoms with Crippen molar-refractivity contribution in [3.8, 4) is 0 Å². The van der Waals surface area contributed by atoms with Gasteiger partial charge in [-0.3, -0.25) is 0 Å². The van der Waals surface area contributed by atoms with E-state index < -0.39 is 0 Å². The average Bonchev–Trinajstić information content (AvgIpc) is 2.62. The molecule has 0 aliphatic carbocycles. The van der Waals surface area contributed by atoms with Gasteiger partial charge in [-0.1, -0.05) is 60.7 Å². The van der Waals surface area contributed by atoms with Crippen molar-refractivity contribution >= 4 is 11.8 Å². The Labute approximate surface area is 135 Å². The van der Waals surface area contributed by atoms with E-state index in [0.29, 0.717) is 12.5 Å². The van der Waals surface area contributed by atoms with E-state index >= 15 is 0 Å². The summed E-state index contributed by atoms with van der Waals surface area (Å²) in [5.74, 6) is 1.25. The highest BCUT2D eigenvalue weighted by Crippen LogP contribution is 2.07. The van der Waals surface area contributed by atoms with E-state index in [-0.39, 0.29) is 0 Å². The number of hydrogen-bond donors (Lipinski definition) is 2. The quantitative estimate of drug-likeness (QED) is 0.702. The molecule has 0 radical (unpaired) electrons. The molecule has 0 aliphatic rings. The molecule has 0 fully saturated rings. The monoisotopic (exact) mass is 305 g/mol. The van der Waals surface area contributed by atoms with Gasteiger partial charge in [0.1, 0.15) is 0 Å². The molecule has 0 bridgehead atoms. The Morgan fingerprint density at radius 1 is 0.783 bits per heavy atom. The second-order valence-electron chi connectivity index (χ2n) is 5.17. The van der Waals surface area contributed by atoms with Gasteiger partial charge in [0.2, 0.25) is 5.95 Å². The zero-order valence-electron chi connectivity index (χ0n) is 12.8. The van der Waals surface area contributed by atoms with Crippen molar-refractivity contribution in [1.29, 1.82) is 0 Å². The van der Waals surface area contributed by atoms with Crippen molar-refractivity contribution in [2.75, 3.05) is 17.2 Å². The van der Waals surface area contributed by atoms with Crippen LogP contribution < -0.4 is 10.6 Å². The van der Waals surface area contributed by atoms with Gasteiger partial charge in [-0.15, -0.1) is 5.10 Å². The Balaban J connectivity index is 1.51. The molecule has 0 saturated carbocycles. The summed E-state index contributed by atoms with van der Waals surface area (Å²) in [4.78, 5) is 4.42. The minimum atomic E-state index is 0.526. The van der Waals surface area contributed by atoms with Crippen LogP contribution in [-0.4, -0.2) is 21.7 Å². The van der Waals surface area contributed by atoms with Crippen molar-refractivity contribution in [3.63, 3.8) is 0 Å². The van der Waals surface area contributed by atoms with Crippen LogP contribution in [0.15, 0.2) is 66.9 Å². The maximum atomic E-state index is 4.42. The molecular formula is C18H19N5. The van der Waals surface area contributed by atoms with Gasteiger partial charge in [-0.2, -0.15) is 10.1 Å². The summed E-state index contributed by atoms with van der Waals surface area (Å²) < 4.78 is 0. The molecule has 2 N–H and O–H groups in total. The first-order valence-electron chi connectivity index (χ1n) is 7.65. The molecule has 3 rings (SSSR count). The number of nitrogens with one attached hydrogen (secondary N) is 2. The van der Waals surface area contributed by atoms with Crippen molar-refractivity contribution < 1.29 is 0 Å². The second kappa shape index (κ2) is 7.89. The summed E-state index contributed by atoms with van der Waals surface area (Å²) in [7, 11) is 0. The third-order valence-electron chi connectivity index (χ3n) is 3.41. The van der Waals surface area contributed by atoms with E-state index in [1.807, 2.05) is 36.4 Å². The van der Waals surface area contributed by atoms with Gasteiger partial charge in [0.05, 0.1) is 6.20 Å². The van der Waals surface area contributed by atoms with Crippen molar-refractivity contribution in [3.05, 3.63) is 78.0 Å². The fraction of sp³-hybridized carbons (Fsp3) is 0.167. The lowest BCUT2D eigenvalue weighted by Gasteiger charge is -2.08. The highest BCUT2D eigenvalue weighted by Gasteiger charge is 2.00. The van der Waals surface area contributed by atoms with E-state index in [1.54, 1.807) is 6.20 Å². The maximum absolute atomic E-state index is 4.42. The molecule has 0 spiro atoms. The normalized spacial score (nSPS) is 10.3. The van der Waals surface area contributed by atoms with Gasteiger partial charge in [-0.25, -0.2) is 0 Å².